The summed E-state index contributed by atoms with van der Waals surface area (Å²) >= 11 is 1.74. The van der Waals surface area contributed by atoms with Crippen LogP contribution in [0.15, 0.2) is 18.3 Å². The summed E-state index contributed by atoms with van der Waals surface area (Å²) in [5.41, 5.74) is 6.54. The summed E-state index contributed by atoms with van der Waals surface area (Å²) in [6.07, 6.45) is 2.69. The van der Waals surface area contributed by atoms with Crippen molar-refractivity contribution in [1.29, 1.82) is 0 Å². The number of aliphatic hydroxyl groups is 1. The third-order valence-electron chi connectivity index (χ3n) is 2.83. The Morgan fingerprint density at radius 2 is 2.18 bits per heavy atom. The maximum atomic E-state index is 10.1. The predicted molar refractivity (Wildman–Crippen MR) is 70.0 cm³/mol. The number of hydrogen-bond donors (Lipinski definition) is 2. The van der Waals surface area contributed by atoms with E-state index in [2.05, 4.69) is 24.2 Å². The van der Waals surface area contributed by atoms with Gasteiger partial charge >= 0.3 is 0 Å². The van der Waals surface area contributed by atoms with E-state index in [-0.39, 0.29) is 0 Å². The second kappa shape index (κ2) is 4.89. The predicted octanol–water partition coefficient (Wildman–Crippen LogP) is 1.90. The number of anilines is 1. The number of nitrogens with two attached hydrogens (primary N) is 1. The molecule has 92 valence electrons. The highest BCUT2D eigenvalue weighted by Gasteiger charge is 2.16. The molecule has 2 heterocycles. The van der Waals surface area contributed by atoms with Crippen LogP contribution in [0.3, 0.4) is 0 Å². The van der Waals surface area contributed by atoms with E-state index in [1.54, 1.807) is 29.3 Å². The monoisotopic (exact) mass is 251 g/mol. The van der Waals surface area contributed by atoms with E-state index in [0.29, 0.717) is 17.8 Å². The molecule has 3 N–H and O–H groups in total. The van der Waals surface area contributed by atoms with Gasteiger partial charge in [-0.25, -0.2) is 0 Å². The number of aryl methyl sites for hydroxylation is 2. The van der Waals surface area contributed by atoms with E-state index >= 15 is 0 Å². The van der Waals surface area contributed by atoms with Gasteiger partial charge in [0, 0.05) is 28.8 Å². The van der Waals surface area contributed by atoms with Crippen molar-refractivity contribution in [2.45, 2.75) is 25.9 Å². The summed E-state index contributed by atoms with van der Waals surface area (Å²) in [5.74, 6) is 0.532. The molecule has 2 aromatic heterocycles. The normalized spacial score (nSPS) is 12.9. The summed E-state index contributed by atoms with van der Waals surface area (Å²) in [4.78, 5) is 2.52. The standard InChI is InChI=1S/C12H17N3OS/c1-3-8-4-5-9(17-8)6-11(16)10-7-14-15(2)12(10)13/h4-5,7,11,16H,3,6,13H2,1-2H3. The molecule has 0 saturated heterocycles. The highest BCUT2D eigenvalue weighted by Crippen LogP contribution is 2.26. The minimum absolute atomic E-state index is 0.532. The molecule has 0 aliphatic rings. The first-order valence-electron chi connectivity index (χ1n) is 5.64. The second-order valence-electron chi connectivity index (χ2n) is 4.05. The zero-order chi connectivity index (χ0) is 12.4. The first-order chi connectivity index (χ1) is 8.11. The largest absolute Gasteiger partial charge is 0.388 e. The van der Waals surface area contributed by atoms with Gasteiger partial charge in [0.15, 0.2) is 0 Å². The van der Waals surface area contributed by atoms with Gasteiger partial charge in [-0.1, -0.05) is 6.92 Å². The molecule has 2 rings (SSSR count). The highest BCUT2D eigenvalue weighted by molar-refractivity contribution is 7.11. The van der Waals surface area contributed by atoms with E-state index in [1.807, 2.05) is 0 Å². The molecule has 0 aromatic carbocycles. The van der Waals surface area contributed by atoms with Gasteiger partial charge in [-0.05, 0) is 18.6 Å². The van der Waals surface area contributed by atoms with Crippen LogP contribution in [0.4, 0.5) is 5.82 Å². The third-order valence-corrected chi connectivity index (χ3v) is 4.09. The fourth-order valence-electron chi connectivity index (χ4n) is 1.74. The van der Waals surface area contributed by atoms with Crippen molar-refractivity contribution in [3.05, 3.63) is 33.6 Å². The van der Waals surface area contributed by atoms with Gasteiger partial charge in [-0.2, -0.15) is 5.10 Å². The van der Waals surface area contributed by atoms with E-state index in [4.69, 9.17) is 5.73 Å². The summed E-state index contributed by atoms with van der Waals surface area (Å²) in [6.45, 7) is 2.13. The molecular weight excluding hydrogens is 234 g/mol. The Bertz CT molecular complexity index is 504. The van der Waals surface area contributed by atoms with Gasteiger partial charge in [-0.3, -0.25) is 4.68 Å². The lowest BCUT2D eigenvalue weighted by molar-refractivity contribution is 0.180. The molecule has 1 unspecified atom stereocenters. The van der Waals surface area contributed by atoms with Crippen molar-refractivity contribution in [3.63, 3.8) is 0 Å². The second-order valence-corrected chi connectivity index (χ2v) is 5.30. The lowest BCUT2D eigenvalue weighted by atomic mass is 10.1. The fraction of sp³-hybridized carbons (Fsp3) is 0.417. The number of rotatable bonds is 4. The lowest BCUT2D eigenvalue weighted by Crippen LogP contribution is -2.05. The average Bonchev–Trinajstić information content (AvgIpc) is 2.88. The van der Waals surface area contributed by atoms with Crippen LogP contribution in [-0.2, 0) is 19.9 Å². The topological polar surface area (TPSA) is 64.1 Å². The first-order valence-corrected chi connectivity index (χ1v) is 6.46. The first kappa shape index (κ1) is 12.1. The van der Waals surface area contributed by atoms with Crippen LogP contribution >= 0.6 is 11.3 Å². The molecule has 0 amide bonds. The van der Waals surface area contributed by atoms with Crippen LogP contribution in [0.2, 0.25) is 0 Å². The average molecular weight is 251 g/mol. The minimum atomic E-state index is -0.577. The van der Waals surface area contributed by atoms with Crippen LogP contribution in [0.1, 0.15) is 28.3 Å². The Balaban J connectivity index is 2.11. The van der Waals surface area contributed by atoms with E-state index in [9.17, 15) is 5.11 Å². The molecule has 0 spiro atoms. The van der Waals surface area contributed by atoms with Crippen molar-refractivity contribution >= 4 is 17.2 Å². The number of hydrogen-bond acceptors (Lipinski definition) is 4. The summed E-state index contributed by atoms with van der Waals surface area (Å²) in [5, 5.41) is 14.2. The molecule has 1 atom stereocenters. The molecule has 5 heteroatoms. The molecule has 17 heavy (non-hydrogen) atoms. The number of nitrogen functional groups attached to an aromatic ring is 1. The Morgan fingerprint density at radius 3 is 2.71 bits per heavy atom. The maximum Gasteiger partial charge on any atom is 0.127 e. The molecule has 0 fully saturated rings. The number of thiophene rings is 1. The Labute approximate surface area is 105 Å². The molecule has 0 saturated carbocycles. The van der Waals surface area contributed by atoms with Crippen LogP contribution in [-0.4, -0.2) is 14.9 Å². The van der Waals surface area contributed by atoms with Crippen molar-refractivity contribution in [2.24, 2.45) is 7.05 Å². The third kappa shape index (κ3) is 2.50. The SMILES string of the molecule is CCc1ccc(CC(O)c2cnn(C)c2N)s1. The van der Waals surface area contributed by atoms with Crippen molar-refractivity contribution in [3.8, 4) is 0 Å². The molecule has 0 aliphatic carbocycles. The summed E-state index contributed by atoms with van der Waals surface area (Å²) in [6, 6.07) is 4.18. The van der Waals surface area contributed by atoms with Crippen LogP contribution < -0.4 is 5.73 Å². The Kier molecular flexibility index (Phi) is 3.49. The fourth-order valence-corrected chi connectivity index (χ4v) is 2.74. The molecular formula is C12H17N3OS. The molecule has 0 radical (unpaired) electrons. The van der Waals surface area contributed by atoms with Gasteiger partial charge in [0.25, 0.3) is 0 Å². The van der Waals surface area contributed by atoms with E-state index in [0.717, 1.165) is 6.42 Å². The number of nitrogens with zero attached hydrogens (tertiary/aromatic N) is 2. The summed E-state index contributed by atoms with van der Waals surface area (Å²) in [7, 11) is 1.77. The van der Waals surface area contributed by atoms with Crippen LogP contribution in [0.5, 0.6) is 0 Å². The number of aliphatic hydroxyl groups excluding tert-OH is 1. The van der Waals surface area contributed by atoms with Gasteiger partial charge in [0.2, 0.25) is 0 Å². The summed E-state index contributed by atoms with van der Waals surface area (Å²) < 4.78 is 1.57. The smallest absolute Gasteiger partial charge is 0.127 e. The highest BCUT2D eigenvalue weighted by atomic mass is 32.1. The lowest BCUT2D eigenvalue weighted by Gasteiger charge is -2.08. The van der Waals surface area contributed by atoms with Gasteiger partial charge in [0.05, 0.1) is 12.3 Å². The maximum absolute atomic E-state index is 10.1. The molecule has 2 aromatic rings. The Hall–Kier alpha value is -1.33. The van der Waals surface area contributed by atoms with Crippen LogP contribution in [0, 0.1) is 0 Å². The van der Waals surface area contributed by atoms with Crippen LogP contribution in [0.25, 0.3) is 0 Å². The number of aromatic nitrogens is 2. The minimum Gasteiger partial charge on any atom is -0.388 e. The zero-order valence-electron chi connectivity index (χ0n) is 10.1. The quantitative estimate of drug-likeness (QED) is 0.872. The zero-order valence-corrected chi connectivity index (χ0v) is 10.9. The van der Waals surface area contributed by atoms with Gasteiger partial charge < -0.3 is 10.8 Å². The van der Waals surface area contributed by atoms with Crippen molar-refractivity contribution in [1.82, 2.24) is 9.78 Å². The van der Waals surface area contributed by atoms with E-state index in [1.165, 1.54) is 9.75 Å². The van der Waals surface area contributed by atoms with Gasteiger partial charge in [0.1, 0.15) is 5.82 Å². The van der Waals surface area contributed by atoms with Gasteiger partial charge in [-0.15, -0.1) is 11.3 Å². The van der Waals surface area contributed by atoms with Crippen molar-refractivity contribution in [2.75, 3.05) is 5.73 Å². The molecule has 0 aliphatic heterocycles. The molecule has 4 nitrogen and oxygen atoms in total. The van der Waals surface area contributed by atoms with E-state index < -0.39 is 6.10 Å². The molecule has 0 bridgehead atoms. The Morgan fingerprint density at radius 1 is 1.47 bits per heavy atom. The van der Waals surface area contributed by atoms with Crippen molar-refractivity contribution < 1.29 is 5.11 Å².